The van der Waals surface area contributed by atoms with Crippen LogP contribution in [0.5, 0.6) is 0 Å². The Bertz CT molecular complexity index is 967. The first kappa shape index (κ1) is 19.8. The molecule has 0 bridgehead atoms. The fourth-order valence-corrected chi connectivity index (χ4v) is 5.52. The van der Waals surface area contributed by atoms with E-state index >= 15 is 0 Å². The number of esters is 1. The number of thiophene rings is 1. The minimum Gasteiger partial charge on any atom is -0.462 e. The number of anilines is 1. The maximum Gasteiger partial charge on any atom is 0.341 e. The van der Waals surface area contributed by atoms with Crippen molar-refractivity contribution in [2.45, 2.75) is 32.2 Å². The first-order chi connectivity index (χ1) is 12.8. The van der Waals surface area contributed by atoms with E-state index in [0.717, 1.165) is 23.8 Å². The molecule has 0 radical (unpaired) electrons. The average molecular weight is 411 g/mol. The Hall–Kier alpha value is -1.97. The molecule has 1 aliphatic heterocycles. The number of carbonyl (C=O) groups is 2. The van der Waals surface area contributed by atoms with Gasteiger partial charge in [-0.25, -0.2) is 13.2 Å². The lowest BCUT2D eigenvalue weighted by Gasteiger charge is -2.32. The summed E-state index contributed by atoms with van der Waals surface area (Å²) in [7, 11) is -3.49. The molecule has 1 atom stereocenters. The zero-order valence-corrected chi connectivity index (χ0v) is 16.9. The van der Waals surface area contributed by atoms with Crippen molar-refractivity contribution in [1.29, 1.82) is 0 Å². The van der Waals surface area contributed by atoms with Gasteiger partial charge >= 0.3 is 5.97 Å². The number of fused-ring (bicyclic) bond motifs is 1. The molecule has 1 amide bonds. The van der Waals surface area contributed by atoms with E-state index in [4.69, 9.17) is 4.74 Å². The van der Waals surface area contributed by atoms with Crippen LogP contribution in [0.4, 0.5) is 5.00 Å². The highest BCUT2D eigenvalue weighted by molar-refractivity contribution is 7.88. The number of nitrogens with zero attached hydrogens (tertiary/aromatic N) is 1. The molecule has 1 unspecified atom stereocenters. The summed E-state index contributed by atoms with van der Waals surface area (Å²) in [6.07, 6.45) is 3.08. The predicted octanol–water partition coefficient (Wildman–Crippen LogP) is 2.83. The van der Waals surface area contributed by atoms with Gasteiger partial charge in [0.2, 0.25) is 15.9 Å². The first-order valence-corrected chi connectivity index (χ1v) is 11.5. The average Bonchev–Trinajstić information content (AvgIpc) is 2.99. The van der Waals surface area contributed by atoms with Gasteiger partial charge in [0.25, 0.3) is 0 Å². The van der Waals surface area contributed by atoms with Crippen LogP contribution in [0, 0.1) is 0 Å². The van der Waals surface area contributed by atoms with E-state index in [1.807, 2.05) is 18.2 Å². The van der Waals surface area contributed by atoms with E-state index in [1.54, 1.807) is 13.0 Å². The van der Waals surface area contributed by atoms with Crippen LogP contribution in [0.2, 0.25) is 0 Å². The summed E-state index contributed by atoms with van der Waals surface area (Å²) in [6, 6.07) is 6.56. The number of ether oxygens (including phenoxy) is 1. The molecule has 1 aliphatic rings. The smallest absolute Gasteiger partial charge is 0.341 e. The number of benzene rings is 1. The Morgan fingerprint density at radius 3 is 2.74 bits per heavy atom. The Balaban J connectivity index is 1.94. The number of amides is 1. The minimum atomic E-state index is -3.49. The van der Waals surface area contributed by atoms with Gasteiger partial charge in [-0.05, 0) is 25.8 Å². The van der Waals surface area contributed by atoms with Gasteiger partial charge in [-0.15, -0.1) is 11.3 Å². The van der Waals surface area contributed by atoms with E-state index in [-0.39, 0.29) is 6.61 Å². The second-order valence-electron chi connectivity index (χ2n) is 6.40. The van der Waals surface area contributed by atoms with Gasteiger partial charge in [0.1, 0.15) is 16.6 Å². The molecule has 27 heavy (non-hydrogen) atoms. The molecule has 146 valence electrons. The van der Waals surface area contributed by atoms with E-state index in [0.29, 0.717) is 28.9 Å². The van der Waals surface area contributed by atoms with Crippen LogP contribution >= 0.6 is 11.3 Å². The Labute approximate surface area is 162 Å². The van der Waals surface area contributed by atoms with Gasteiger partial charge in [0.05, 0.1) is 12.9 Å². The highest BCUT2D eigenvalue weighted by Gasteiger charge is 2.35. The van der Waals surface area contributed by atoms with Crippen LogP contribution in [0.25, 0.3) is 10.1 Å². The van der Waals surface area contributed by atoms with Crippen LogP contribution < -0.4 is 5.32 Å². The van der Waals surface area contributed by atoms with Gasteiger partial charge < -0.3 is 10.1 Å². The molecule has 1 aromatic heterocycles. The molecule has 1 saturated heterocycles. The van der Waals surface area contributed by atoms with Gasteiger partial charge in [-0.2, -0.15) is 4.31 Å². The molecule has 1 fully saturated rings. The summed E-state index contributed by atoms with van der Waals surface area (Å²) < 4.78 is 31.3. The van der Waals surface area contributed by atoms with Gasteiger partial charge in [-0.3, -0.25) is 4.79 Å². The van der Waals surface area contributed by atoms with Crippen LogP contribution in [0.3, 0.4) is 0 Å². The summed E-state index contributed by atoms with van der Waals surface area (Å²) in [5.41, 5.74) is 0.313. The molecule has 0 spiro atoms. The minimum absolute atomic E-state index is 0.223. The third-order valence-corrected chi connectivity index (χ3v) is 6.87. The largest absolute Gasteiger partial charge is 0.462 e. The van der Waals surface area contributed by atoms with Crippen molar-refractivity contribution in [1.82, 2.24) is 4.31 Å². The number of piperidine rings is 1. The standard InChI is InChI=1S/C18H22N2O5S2/c1-3-25-18(22)15-12-8-4-5-10-14(12)26-17(15)19-16(21)13-9-6-7-11-20(13)27(2,23)24/h4-5,8,10,13H,3,6-7,9,11H2,1-2H3,(H,19,21). The predicted molar refractivity (Wildman–Crippen MR) is 106 cm³/mol. The normalized spacial score (nSPS) is 18.4. The zero-order valence-electron chi connectivity index (χ0n) is 15.2. The highest BCUT2D eigenvalue weighted by atomic mass is 32.2. The van der Waals surface area contributed by atoms with E-state index in [2.05, 4.69) is 5.32 Å². The molecule has 2 aromatic rings. The Kier molecular flexibility index (Phi) is 5.83. The number of carbonyl (C=O) groups excluding carboxylic acids is 2. The monoisotopic (exact) mass is 410 g/mol. The van der Waals surface area contributed by atoms with Crippen molar-refractivity contribution >= 4 is 48.3 Å². The third-order valence-electron chi connectivity index (χ3n) is 4.49. The fourth-order valence-electron chi connectivity index (χ4n) is 3.30. The van der Waals surface area contributed by atoms with E-state index in [1.165, 1.54) is 15.6 Å². The Morgan fingerprint density at radius 1 is 1.30 bits per heavy atom. The van der Waals surface area contributed by atoms with Crippen molar-refractivity contribution in [3.63, 3.8) is 0 Å². The van der Waals surface area contributed by atoms with Crippen LogP contribution in [-0.4, -0.2) is 50.0 Å². The molecule has 2 heterocycles. The zero-order chi connectivity index (χ0) is 19.6. The summed E-state index contributed by atoms with van der Waals surface area (Å²) >= 11 is 1.28. The Morgan fingerprint density at radius 2 is 2.04 bits per heavy atom. The quantitative estimate of drug-likeness (QED) is 0.765. The molecule has 0 aliphatic carbocycles. The van der Waals surface area contributed by atoms with Crippen molar-refractivity contribution in [3.8, 4) is 0 Å². The molecule has 1 N–H and O–H groups in total. The second-order valence-corrected chi connectivity index (χ2v) is 9.38. The lowest BCUT2D eigenvalue weighted by atomic mass is 10.0. The van der Waals surface area contributed by atoms with Crippen LogP contribution in [0.15, 0.2) is 24.3 Å². The van der Waals surface area contributed by atoms with E-state index in [9.17, 15) is 18.0 Å². The molecule has 1 aromatic carbocycles. The fraction of sp³-hybridized carbons (Fsp3) is 0.444. The number of rotatable bonds is 5. The number of hydrogen-bond acceptors (Lipinski definition) is 6. The van der Waals surface area contributed by atoms with Crippen molar-refractivity contribution in [2.75, 3.05) is 24.7 Å². The van der Waals surface area contributed by atoms with Crippen LogP contribution in [-0.2, 0) is 19.6 Å². The van der Waals surface area contributed by atoms with Crippen LogP contribution in [0.1, 0.15) is 36.5 Å². The molecule has 0 saturated carbocycles. The van der Waals surface area contributed by atoms with Gasteiger partial charge in [-0.1, -0.05) is 24.6 Å². The lowest BCUT2D eigenvalue weighted by Crippen LogP contribution is -2.49. The molecule has 9 heteroatoms. The number of sulfonamides is 1. The molecular weight excluding hydrogens is 388 g/mol. The van der Waals surface area contributed by atoms with Gasteiger partial charge in [0, 0.05) is 16.6 Å². The van der Waals surface area contributed by atoms with Crippen molar-refractivity contribution in [3.05, 3.63) is 29.8 Å². The highest BCUT2D eigenvalue weighted by Crippen LogP contribution is 2.36. The van der Waals surface area contributed by atoms with Gasteiger partial charge in [0.15, 0.2) is 0 Å². The first-order valence-electron chi connectivity index (χ1n) is 8.79. The summed E-state index contributed by atoms with van der Waals surface area (Å²) in [5, 5.41) is 3.88. The lowest BCUT2D eigenvalue weighted by molar-refractivity contribution is -0.120. The maximum absolute atomic E-state index is 12.9. The number of nitrogens with one attached hydrogen (secondary N) is 1. The molecule has 7 nitrogen and oxygen atoms in total. The second kappa shape index (κ2) is 7.95. The van der Waals surface area contributed by atoms with E-state index < -0.39 is 27.9 Å². The number of hydrogen-bond donors (Lipinski definition) is 1. The summed E-state index contributed by atoms with van der Waals surface area (Å²) in [6.45, 7) is 2.27. The SMILES string of the molecule is CCOC(=O)c1c(NC(=O)C2CCCCN2S(C)(=O)=O)sc2ccccc12. The van der Waals surface area contributed by atoms with Crippen molar-refractivity contribution < 1.29 is 22.7 Å². The third kappa shape index (κ3) is 4.15. The summed E-state index contributed by atoms with van der Waals surface area (Å²) in [5.74, 6) is -0.925. The topological polar surface area (TPSA) is 92.8 Å². The summed E-state index contributed by atoms with van der Waals surface area (Å²) in [4.78, 5) is 25.3. The van der Waals surface area contributed by atoms with Crippen molar-refractivity contribution in [2.24, 2.45) is 0 Å². The maximum atomic E-state index is 12.9. The molecule has 3 rings (SSSR count). The molecular formula is C18H22N2O5S2.